The molecular weight excluding hydrogens is 276 g/mol. The van der Waals surface area contributed by atoms with E-state index >= 15 is 0 Å². The van der Waals surface area contributed by atoms with Crippen LogP contribution in [0.2, 0.25) is 0 Å². The zero-order valence-electron chi connectivity index (χ0n) is 11.5. The molecule has 0 radical (unpaired) electrons. The Balaban J connectivity index is 2.38. The SMILES string of the molecule is CCOC(=O)C1CCCN1c1ncc(C#N)cc1[N+](=O)[O-]. The Bertz CT molecular complexity index is 611. The minimum absolute atomic E-state index is 0.106. The molecule has 0 bridgehead atoms. The highest BCUT2D eigenvalue weighted by Crippen LogP contribution is 2.32. The van der Waals surface area contributed by atoms with Crippen LogP contribution < -0.4 is 4.90 Å². The van der Waals surface area contributed by atoms with E-state index in [0.29, 0.717) is 13.0 Å². The largest absolute Gasteiger partial charge is 0.464 e. The zero-order valence-corrected chi connectivity index (χ0v) is 11.5. The standard InChI is InChI=1S/C13H14N4O4/c1-2-21-13(18)10-4-3-5-16(10)12-11(17(19)20)6-9(7-14)8-15-12/h6,8,10H,2-5H2,1H3. The van der Waals surface area contributed by atoms with E-state index in [2.05, 4.69) is 4.98 Å². The van der Waals surface area contributed by atoms with Crippen LogP contribution in [0, 0.1) is 21.4 Å². The summed E-state index contributed by atoms with van der Waals surface area (Å²) in [5.74, 6) is -0.301. The lowest BCUT2D eigenvalue weighted by Crippen LogP contribution is -2.38. The first-order chi connectivity index (χ1) is 10.1. The van der Waals surface area contributed by atoms with Crippen molar-refractivity contribution >= 4 is 17.5 Å². The number of hydrogen-bond acceptors (Lipinski definition) is 7. The molecule has 1 saturated heterocycles. The molecule has 0 aliphatic carbocycles. The van der Waals surface area contributed by atoms with Gasteiger partial charge in [0.05, 0.1) is 17.1 Å². The van der Waals surface area contributed by atoms with Gasteiger partial charge in [-0.3, -0.25) is 10.1 Å². The molecule has 1 unspecified atom stereocenters. The number of rotatable bonds is 4. The zero-order chi connectivity index (χ0) is 15.4. The van der Waals surface area contributed by atoms with Crippen molar-refractivity contribution in [1.29, 1.82) is 5.26 Å². The Morgan fingerprint density at radius 3 is 3.10 bits per heavy atom. The Morgan fingerprint density at radius 2 is 2.48 bits per heavy atom. The molecule has 1 aromatic rings. The van der Waals surface area contributed by atoms with Crippen molar-refractivity contribution in [2.24, 2.45) is 0 Å². The first-order valence-electron chi connectivity index (χ1n) is 6.56. The van der Waals surface area contributed by atoms with Crippen LogP contribution in [0.1, 0.15) is 25.3 Å². The van der Waals surface area contributed by atoms with Crippen molar-refractivity contribution < 1.29 is 14.5 Å². The van der Waals surface area contributed by atoms with Crippen molar-refractivity contribution in [3.05, 3.63) is 27.9 Å². The maximum absolute atomic E-state index is 11.9. The second-order valence-electron chi connectivity index (χ2n) is 4.54. The Kier molecular flexibility index (Phi) is 4.33. The predicted molar refractivity (Wildman–Crippen MR) is 72.6 cm³/mol. The van der Waals surface area contributed by atoms with Gasteiger partial charge in [0.15, 0.2) is 0 Å². The summed E-state index contributed by atoms with van der Waals surface area (Å²) in [4.78, 5) is 28.1. The minimum Gasteiger partial charge on any atom is -0.464 e. The molecule has 110 valence electrons. The van der Waals surface area contributed by atoms with Crippen molar-refractivity contribution in [3.63, 3.8) is 0 Å². The van der Waals surface area contributed by atoms with Gasteiger partial charge in [-0.25, -0.2) is 9.78 Å². The van der Waals surface area contributed by atoms with E-state index in [9.17, 15) is 14.9 Å². The fourth-order valence-electron chi connectivity index (χ4n) is 2.37. The number of nitro groups is 1. The number of carbonyl (C=O) groups excluding carboxylic acids is 1. The van der Waals surface area contributed by atoms with Gasteiger partial charge in [-0.15, -0.1) is 0 Å². The fraction of sp³-hybridized carbons (Fsp3) is 0.462. The Morgan fingerprint density at radius 1 is 1.71 bits per heavy atom. The van der Waals surface area contributed by atoms with Crippen LogP contribution in [0.15, 0.2) is 12.3 Å². The molecule has 2 rings (SSSR count). The fourth-order valence-corrected chi connectivity index (χ4v) is 2.37. The van der Waals surface area contributed by atoms with Crippen LogP contribution in [0.3, 0.4) is 0 Å². The monoisotopic (exact) mass is 290 g/mol. The van der Waals surface area contributed by atoms with Gasteiger partial charge in [0, 0.05) is 18.8 Å². The van der Waals surface area contributed by atoms with E-state index < -0.39 is 16.9 Å². The number of ether oxygens (including phenoxy) is 1. The molecule has 21 heavy (non-hydrogen) atoms. The molecule has 8 heteroatoms. The van der Waals surface area contributed by atoms with Crippen LogP contribution in [-0.2, 0) is 9.53 Å². The molecule has 0 spiro atoms. The van der Waals surface area contributed by atoms with Gasteiger partial charge >= 0.3 is 11.7 Å². The maximum Gasteiger partial charge on any atom is 0.328 e. The highest BCUT2D eigenvalue weighted by Gasteiger charge is 2.36. The molecule has 2 heterocycles. The van der Waals surface area contributed by atoms with E-state index in [1.54, 1.807) is 11.8 Å². The molecule has 1 aromatic heterocycles. The van der Waals surface area contributed by atoms with Crippen molar-refractivity contribution in [2.45, 2.75) is 25.8 Å². The highest BCUT2D eigenvalue weighted by molar-refractivity contribution is 5.81. The van der Waals surface area contributed by atoms with E-state index in [-0.39, 0.29) is 23.7 Å². The van der Waals surface area contributed by atoms with Gasteiger partial charge in [0.25, 0.3) is 0 Å². The summed E-state index contributed by atoms with van der Waals surface area (Å²) < 4.78 is 4.99. The number of carbonyl (C=O) groups is 1. The average molecular weight is 290 g/mol. The molecule has 1 fully saturated rings. The molecular formula is C13H14N4O4. The smallest absolute Gasteiger partial charge is 0.328 e. The quantitative estimate of drug-likeness (QED) is 0.468. The Labute approximate surface area is 121 Å². The van der Waals surface area contributed by atoms with E-state index in [1.165, 1.54) is 12.3 Å². The molecule has 1 aliphatic rings. The lowest BCUT2D eigenvalue weighted by atomic mass is 10.2. The number of pyridine rings is 1. The highest BCUT2D eigenvalue weighted by atomic mass is 16.6. The third kappa shape index (κ3) is 2.91. The first-order valence-corrected chi connectivity index (χ1v) is 6.56. The van der Waals surface area contributed by atoms with Crippen LogP contribution in [0.4, 0.5) is 11.5 Å². The van der Waals surface area contributed by atoms with Crippen LogP contribution in [-0.4, -0.2) is 35.1 Å². The number of hydrogen-bond donors (Lipinski definition) is 0. The molecule has 0 saturated carbocycles. The summed E-state index contributed by atoms with van der Waals surface area (Å²) >= 11 is 0. The third-order valence-electron chi connectivity index (χ3n) is 3.26. The van der Waals surface area contributed by atoms with Crippen LogP contribution >= 0.6 is 0 Å². The summed E-state index contributed by atoms with van der Waals surface area (Å²) in [6, 6.07) is 2.42. The van der Waals surface area contributed by atoms with Crippen molar-refractivity contribution in [1.82, 2.24) is 4.98 Å². The molecule has 1 aliphatic heterocycles. The summed E-state index contributed by atoms with van der Waals surface area (Å²) in [6.07, 6.45) is 2.56. The van der Waals surface area contributed by atoms with Gasteiger partial charge in [-0.1, -0.05) is 0 Å². The lowest BCUT2D eigenvalue weighted by molar-refractivity contribution is -0.384. The van der Waals surface area contributed by atoms with Gasteiger partial charge in [-0.05, 0) is 19.8 Å². The van der Waals surface area contributed by atoms with E-state index in [4.69, 9.17) is 10.00 Å². The second-order valence-corrected chi connectivity index (χ2v) is 4.54. The third-order valence-corrected chi connectivity index (χ3v) is 3.26. The number of nitrogens with zero attached hydrogens (tertiary/aromatic N) is 4. The van der Waals surface area contributed by atoms with Crippen LogP contribution in [0.25, 0.3) is 0 Å². The van der Waals surface area contributed by atoms with Crippen molar-refractivity contribution in [3.8, 4) is 6.07 Å². The predicted octanol–water partition coefficient (Wildman–Crippen LogP) is 1.39. The van der Waals surface area contributed by atoms with E-state index in [1.807, 2.05) is 6.07 Å². The number of esters is 1. The summed E-state index contributed by atoms with van der Waals surface area (Å²) in [6.45, 7) is 2.45. The van der Waals surface area contributed by atoms with Gasteiger partial charge in [0.1, 0.15) is 12.1 Å². The molecule has 1 atom stereocenters. The van der Waals surface area contributed by atoms with Gasteiger partial charge in [-0.2, -0.15) is 5.26 Å². The van der Waals surface area contributed by atoms with Crippen LogP contribution in [0.5, 0.6) is 0 Å². The average Bonchev–Trinajstić information content (AvgIpc) is 2.96. The maximum atomic E-state index is 11.9. The second kappa shape index (κ2) is 6.17. The minimum atomic E-state index is -0.594. The topological polar surface area (TPSA) is 109 Å². The Hall–Kier alpha value is -2.69. The van der Waals surface area contributed by atoms with Gasteiger partial charge in [0.2, 0.25) is 5.82 Å². The number of nitriles is 1. The summed E-state index contributed by atoms with van der Waals surface area (Å²) in [5.41, 5.74) is -0.164. The van der Waals surface area contributed by atoms with Crippen molar-refractivity contribution in [2.75, 3.05) is 18.1 Å². The first kappa shape index (κ1) is 14.7. The van der Waals surface area contributed by atoms with E-state index in [0.717, 1.165) is 6.42 Å². The normalized spacial score (nSPS) is 17.3. The molecule has 0 amide bonds. The summed E-state index contributed by atoms with van der Waals surface area (Å²) in [5, 5.41) is 20.0. The number of anilines is 1. The molecule has 8 nitrogen and oxygen atoms in total. The molecule has 0 N–H and O–H groups in total. The van der Waals surface area contributed by atoms with Gasteiger partial charge < -0.3 is 9.64 Å². The molecule has 0 aromatic carbocycles. The number of aromatic nitrogens is 1. The summed E-state index contributed by atoms with van der Waals surface area (Å²) in [7, 11) is 0. The lowest BCUT2D eigenvalue weighted by Gasteiger charge is -2.23.